The van der Waals surface area contributed by atoms with Gasteiger partial charge >= 0.3 is 0 Å². The van der Waals surface area contributed by atoms with Gasteiger partial charge < -0.3 is 5.32 Å². The monoisotopic (exact) mass is 241 g/mol. The van der Waals surface area contributed by atoms with E-state index in [1.165, 1.54) is 6.07 Å². The summed E-state index contributed by atoms with van der Waals surface area (Å²) in [6.45, 7) is 4.56. The first kappa shape index (κ1) is 13.8. The van der Waals surface area contributed by atoms with Crippen molar-refractivity contribution in [3.8, 4) is 0 Å². The summed E-state index contributed by atoms with van der Waals surface area (Å²) in [5.74, 6) is -1.33. The molecule has 0 radical (unpaired) electrons. The molecule has 0 heterocycles. The lowest BCUT2D eigenvalue weighted by molar-refractivity contribution is -0.118. The van der Waals surface area contributed by atoms with Crippen molar-refractivity contribution in [2.45, 2.75) is 32.7 Å². The largest absolute Gasteiger partial charge is 0.314 e. The molecule has 2 nitrogen and oxygen atoms in total. The number of hydrogen-bond donors (Lipinski definition) is 1. The number of hydrogen-bond acceptors (Lipinski definition) is 2. The van der Waals surface area contributed by atoms with Crippen molar-refractivity contribution in [1.82, 2.24) is 5.32 Å². The third-order valence-electron chi connectivity index (χ3n) is 2.36. The number of carbonyl (C=O) groups is 1. The fourth-order valence-corrected chi connectivity index (χ4v) is 1.47. The lowest BCUT2D eigenvalue weighted by atomic mass is 10.1. The molecule has 0 aliphatic rings. The predicted octanol–water partition coefficient (Wildman–Crippen LogP) is 2.46. The van der Waals surface area contributed by atoms with Crippen molar-refractivity contribution >= 4 is 5.78 Å². The van der Waals surface area contributed by atoms with Gasteiger partial charge in [0.15, 0.2) is 0 Å². The van der Waals surface area contributed by atoms with Crippen LogP contribution in [0.15, 0.2) is 18.2 Å². The number of rotatable bonds is 6. The summed E-state index contributed by atoms with van der Waals surface area (Å²) in [6, 6.07) is 3.61. The minimum absolute atomic E-state index is 0.0197. The zero-order valence-corrected chi connectivity index (χ0v) is 10.1. The van der Waals surface area contributed by atoms with Crippen LogP contribution in [-0.4, -0.2) is 18.4 Å². The van der Waals surface area contributed by atoms with Gasteiger partial charge in [-0.3, -0.25) is 4.79 Å². The SMILES string of the molecule is CC(C)NCCC(=O)Cc1ccc(F)cc1F. The van der Waals surface area contributed by atoms with E-state index in [-0.39, 0.29) is 17.8 Å². The molecular formula is C13H17F2NO. The Kier molecular flexibility index (Phi) is 5.22. The molecule has 1 rings (SSSR count). The van der Waals surface area contributed by atoms with Crippen LogP contribution in [0, 0.1) is 11.6 Å². The lowest BCUT2D eigenvalue weighted by Crippen LogP contribution is -2.25. The van der Waals surface area contributed by atoms with Gasteiger partial charge in [-0.05, 0) is 11.6 Å². The van der Waals surface area contributed by atoms with E-state index >= 15 is 0 Å². The van der Waals surface area contributed by atoms with Crippen LogP contribution in [0.3, 0.4) is 0 Å². The summed E-state index contributed by atoms with van der Waals surface area (Å²) in [5.41, 5.74) is 0.251. The summed E-state index contributed by atoms with van der Waals surface area (Å²) in [7, 11) is 0. The first-order valence-corrected chi connectivity index (χ1v) is 5.68. The standard InChI is InChI=1S/C13H17F2NO/c1-9(2)16-6-5-12(17)7-10-3-4-11(14)8-13(10)15/h3-4,8-9,16H,5-7H2,1-2H3. The summed E-state index contributed by atoms with van der Waals surface area (Å²) >= 11 is 0. The van der Waals surface area contributed by atoms with Crippen LogP contribution in [0.2, 0.25) is 0 Å². The molecular weight excluding hydrogens is 224 g/mol. The Bertz CT molecular complexity index is 391. The Morgan fingerprint density at radius 3 is 2.65 bits per heavy atom. The van der Waals surface area contributed by atoms with E-state index in [2.05, 4.69) is 5.32 Å². The highest BCUT2D eigenvalue weighted by molar-refractivity contribution is 5.81. The van der Waals surface area contributed by atoms with Gasteiger partial charge in [-0.1, -0.05) is 19.9 Å². The summed E-state index contributed by atoms with van der Waals surface area (Å²) in [5, 5.41) is 3.11. The number of Topliss-reactive ketones (excluding diaryl/α,β-unsaturated/α-hetero) is 1. The minimum Gasteiger partial charge on any atom is -0.314 e. The maximum Gasteiger partial charge on any atom is 0.138 e. The third kappa shape index (κ3) is 5.04. The molecule has 0 saturated heterocycles. The van der Waals surface area contributed by atoms with Gasteiger partial charge in [-0.15, -0.1) is 0 Å². The van der Waals surface area contributed by atoms with Crippen molar-refractivity contribution in [2.24, 2.45) is 0 Å². The molecule has 1 aromatic carbocycles. The zero-order valence-electron chi connectivity index (χ0n) is 10.1. The van der Waals surface area contributed by atoms with Gasteiger partial charge in [0.25, 0.3) is 0 Å². The molecule has 94 valence electrons. The summed E-state index contributed by atoms with van der Waals surface area (Å²) in [4.78, 5) is 11.5. The first-order chi connectivity index (χ1) is 7.99. The molecule has 0 saturated carbocycles. The molecule has 0 aliphatic heterocycles. The van der Waals surface area contributed by atoms with Gasteiger partial charge in [-0.2, -0.15) is 0 Å². The van der Waals surface area contributed by atoms with E-state index in [9.17, 15) is 13.6 Å². The molecule has 17 heavy (non-hydrogen) atoms. The number of carbonyl (C=O) groups excluding carboxylic acids is 1. The van der Waals surface area contributed by atoms with Crippen LogP contribution in [0.1, 0.15) is 25.8 Å². The maximum absolute atomic E-state index is 13.3. The second-order valence-electron chi connectivity index (χ2n) is 4.31. The van der Waals surface area contributed by atoms with Crippen LogP contribution in [-0.2, 0) is 11.2 Å². The molecule has 0 aromatic heterocycles. The zero-order chi connectivity index (χ0) is 12.8. The molecule has 0 amide bonds. The highest BCUT2D eigenvalue weighted by Crippen LogP contribution is 2.10. The third-order valence-corrected chi connectivity index (χ3v) is 2.36. The van der Waals surface area contributed by atoms with Gasteiger partial charge in [-0.25, -0.2) is 8.78 Å². The normalized spacial score (nSPS) is 10.9. The molecule has 1 aromatic rings. The van der Waals surface area contributed by atoms with E-state index < -0.39 is 11.6 Å². The number of ketones is 1. The van der Waals surface area contributed by atoms with Gasteiger partial charge in [0.05, 0.1) is 0 Å². The minimum atomic E-state index is -0.657. The van der Waals surface area contributed by atoms with Crippen molar-refractivity contribution in [2.75, 3.05) is 6.54 Å². The fourth-order valence-electron chi connectivity index (χ4n) is 1.47. The molecule has 0 aliphatic carbocycles. The highest BCUT2D eigenvalue weighted by atomic mass is 19.1. The van der Waals surface area contributed by atoms with Crippen molar-refractivity contribution < 1.29 is 13.6 Å². The predicted molar refractivity (Wildman–Crippen MR) is 62.8 cm³/mol. The smallest absolute Gasteiger partial charge is 0.138 e. The van der Waals surface area contributed by atoms with Crippen LogP contribution < -0.4 is 5.32 Å². The second kappa shape index (κ2) is 6.45. The lowest BCUT2D eigenvalue weighted by Gasteiger charge is -2.07. The van der Waals surface area contributed by atoms with Gasteiger partial charge in [0.2, 0.25) is 0 Å². The molecule has 0 fully saturated rings. The van der Waals surface area contributed by atoms with E-state index in [0.717, 1.165) is 12.1 Å². The molecule has 1 N–H and O–H groups in total. The Hall–Kier alpha value is -1.29. The van der Waals surface area contributed by atoms with E-state index in [1.807, 2.05) is 13.8 Å². The Labute approximate surface area is 100 Å². The van der Waals surface area contributed by atoms with Crippen LogP contribution in [0.5, 0.6) is 0 Å². The second-order valence-corrected chi connectivity index (χ2v) is 4.31. The van der Waals surface area contributed by atoms with Crippen LogP contribution in [0.25, 0.3) is 0 Å². The summed E-state index contributed by atoms with van der Waals surface area (Å²) in [6.07, 6.45) is 0.376. The van der Waals surface area contributed by atoms with E-state index in [0.29, 0.717) is 19.0 Å². The van der Waals surface area contributed by atoms with Crippen LogP contribution >= 0.6 is 0 Å². The number of nitrogens with one attached hydrogen (secondary N) is 1. The molecule has 0 atom stereocenters. The number of halogens is 2. The molecule has 4 heteroatoms. The quantitative estimate of drug-likeness (QED) is 0.829. The highest BCUT2D eigenvalue weighted by Gasteiger charge is 2.09. The van der Waals surface area contributed by atoms with Crippen molar-refractivity contribution in [1.29, 1.82) is 0 Å². The average Bonchev–Trinajstić information content (AvgIpc) is 2.21. The van der Waals surface area contributed by atoms with E-state index in [1.54, 1.807) is 0 Å². The summed E-state index contributed by atoms with van der Waals surface area (Å²) < 4.78 is 25.9. The number of benzene rings is 1. The molecule has 0 bridgehead atoms. The van der Waals surface area contributed by atoms with Crippen molar-refractivity contribution in [3.63, 3.8) is 0 Å². The Morgan fingerprint density at radius 2 is 2.06 bits per heavy atom. The Balaban J connectivity index is 2.45. The topological polar surface area (TPSA) is 29.1 Å². The average molecular weight is 241 g/mol. The Morgan fingerprint density at radius 1 is 1.35 bits per heavy atom. The van der Waals surface area contributed by atoms with Crippen LogP contribution in [0.4, 0.5) is 8.78 Å². The fraction of sp³-hybridized carbons (Fsp3) is 0.462. The van der Waals surface area contributed by atoms with Crippen molar-refractivity contribution in [3.05, 3.63) is 35.4 Å². The van der Waals surface area contributed by atoms with Gasteiger partial charge in [0, 0.05) is 31.5 Å². The molecule has 0 unspecified atom stereocenters. The molecule has 0 spiro atoms. The van der Waals surface area contributed by atoms with E-state index in [4.69, 9.17) is 0 Å². The maximum atomic E-state index is 13.3. The van der Waals surface area contributed by atoms with Gasteiger partial charge in [0.1, 0.15) is 17.4 Å². The first-order valence-electron chi connectivity index (χ1n) is 5.68.